The van der Waals surface area contributed by atoms with Crippen LogP contribution in [0.5, 0.6) is 0 Å². The molecule has 0 spiro atoms. The maximum absolute atomic E-state index is 13.6. The van der Waals surface area contributed by atoms with Crippen LogP contribution in [0.3, 0.4) is 0 Å². The second-order valence-corrected chi connectivity index (χ2v) is 4.35. The first kappa shape index (κ1) is 12.5. The number of aromatic nitrogens is 2. The molecule has 3 N–H and O–H groups in total. The molecular formula is C10H7FN4OS2. The smallest absolute Gasteiger partial charge is 0.277 e. The maximum Gasteiger partial charge on any atom is 0.277 e. The number of hydrogen-bond donors (Lipinski definition) is 2. The number of amides is 1. The van der Waals surface area contributed by atoms with E-state index in [-0.39, 0.29) is 16.4 Å². The molecule has 0 aliphatic rings. The zero-order valence-electron chi connectivity index (χ0n) is 8.88. The Kier molecular flexibility index (Phi) is 3.58. The summed E-state index contributed by atoms with van der Waals surface area (Å²) < 4.78 is 17.2. The van der Waals surface area contributed by atoms with Gasteiger partial charge in [0.25, 0.3) is 5.91 Å². The van der Waals surface area contributed by atoms with E-state index in [0.717, 1.165) is 17.6 Å². The average molecular weight is 282 g/mol. The molecule has 1 aromatic carbocycles. The fourth-order valence-electron chi connectivity index (χ4n) is 1.22. The van der Waals surface area contributed by atoms with Crippen LogP contribution in [0.4, 0.5) is 10.1 Å². The molecule has 0 fully saturated rings. The van der Waals surface area contributed by atoms with Crippen LogP contribution < -0.4 is 11.1 Å². The van der Waals surface area contributed by atoms with Gasteiger partial charge in [0.15, 0.2) is 5.69 Å². The normalized spacial score (nSPS) is 10.1. The molecule has 2 aromatic rings. The van der Waals surface area contributed by atoms with Crippen LogP contribution in [0.1, 0.15) is 16.1 Å². The molecule has 0 saturated carbocycles. The standard InChI is InChI=1S/C10H7FN4OS2/c11-6-3-5(9(12)17)1-2-7(6)13-10(16)8-4-18-15-14-8/h1-4H,(H2,12,17)(H,13,16). The van der Waals surface area contributed by atoms with Gasteiger partial charge in [-0.05, 0) is 29.7 Å². The number of rotatable bonds is 3. The number of benzene rings is 1. The summed E-state index contributed by atoms with van der Waals surface area (Å²) in [6.07, 6.45) is 0. The van der Waals surface area contributed by atoms with Crippen molar-refractivity contribution in [3.05, 3.63) is 40.7 Å². The monoisotopic (exact) mass is 282 g/mol. The highest BCUT2D eigenvalue weighted by atomic mass is 32.1. The number of carbonyl (C=O) groups is 1. The molecule has 1 amide bonds. The van der Waals surface area contributed by atoms with E-state index in [1.165, 1.54) is 17.5 Å². The SMILES string of the molecule is NC(=S)c1ccc(NC(=O)c2csnn2)c(F)c1. The van der Waals surface area contributed by atoms with Crippen LogP contribution >= 0.6 is 23.8 Å². The molecular weight excluding hydrogens is 275 g/mol. The summed E-state index contributed by atoms with van der Waals surface area (Å²) in [5.41, 5.74) is 5.94. The summed E-state index contributed by atoms with van der Waals surface area (Å²) >= 11 is 5.76. The minimum Gasteiger partial charge on any atom is -0.389 e. The molecule has 0 aliphatic carbocycles. The number of hydrogen-bond acceptors (Lipinski definition) is 5. The first-order valence-electron chi connectivity index (χ1n) is 4.75. The van der Waals surface area contributed by atoms with Crippen molar-refractivity contribution in [2.75, 3.05) is 5.32 Å². The Morgan fingerprint density at radius 2 is 2.28 bits per heavy atom. The number of carbonyl (C=O) groups excluding carboxylic acids is 1. The van der Waals surface area contributed by atoms with E-state index in [2.05, 4.69) is 14.9 Å². The topological polar surface area (TPSA) is 80.9 Å². The van der Waals surface area contributed by atoms with Crippen molar-refractivity contribution < 1.29 is 9.18 Å². The van der Waals surface area contributed by atoms with Crippen LogP contribution in [0, 0.1) is 5.82 Å². The number of nitrogens with one attached hydrogen (secondary N) is 1. The first-order chi connectivity index (χ1) is 8.58. The third kappa shape index (κ3) is 2.66. The van der Waals surface area contributed by atoms with E-state index in [4.69, 9.17) is 18.0 Å². The number of halogens is 1. The van der Waals surface area contributed by atoms with Gasteiger partial charge in [-0.3, -0.25) is 4.79 Å². The van der Waals surface area contributed by atoms with Crippen molar-refractivity contribution in [1.29, 1.82) is 0 Å². The van der Waals surface area contributed by atoms with Gasteiger partial charge in [-0.15, -0.1) is 5.10 Å². The van der Waals surface area contributed by atoms with Crippen molar-refractivity contribution in [2.24, 2.45) is 5.73 Å². The van der Waals surface area contributed by atoms with E-state index >= 15 is 0 Å². The summed E-state index contributed by atoms with van der Waals surface area (Å²) in [6.45, 7) is 0. The Balaban J connectivity index is 2.20. The molecule has 1 aromatic heterocycles. The molecule has 18 heavy (non-hydrogen) atoms. The van der Waals surface area contributed by atoms with Crippen LogP contribution in [0.2, 0.25) is 0 Å². The lowest BCUT2D eigenvalue weighted by Crippen LogP contribution is -2.15. The van der Waals surface area contributed by atoms with E-state index in [9.17, 15) is 9.18 Å². The van der Waals surface area contributed by atoms with Crippen LogP contribution in [-0.2, 0) is 0 Å². The summed E-state index contributed by atoms with van der Waals surface area (Å²) in [5, 5.41) is 7.43. The fraction of sp³-hybridized carbons (Fsp3) is 0. The number of nitrogens with zero attached hydrogens (tertiary/aromatic N) is 2. The van der Waals surface area contributed by atoms with Gasteiger partial charge in [0.2, 0.25) is 0 Å². The summed E-state index contributed by atoms with van der Waals surface area (Å²) in [5.74, 6) is -1.14. The Hall–Kier alpha value is -1.93. The second-order valence-electron chi connectivity index (χ2n) is 3.30. The molecule has 0 unspecified atom stereocenters. The lowest BCUT2D eigenvalue weighted by molar-refractivity contribution is 0.102. The molecule has 2 rings (SSSR count). The van der Waals surface area contributed by atoms with Gasteiger partial charge in [-0.25, -0.2) is 4.39 Å². The Morgan fingerprint density at radius 3 is 2.83 bits per heavy atom. The number of anilines is 1. The zero-order chi connectivity index (χ0) is 13.1. The van der Waals surface area contributed by atoms with Gasteiger partial charge in [-0.2, -0.15) is 0 Å². The average Bonchev–Trinajstić information content (AvgIpc) is 2.85. The molecule has 1 heterocycles. The van der Waals surface area contributed by atoms with Gasteiger partial charge in [-0.1, -0.05) is 16.7 Å². The lowest BCUT2D eigenvalue weighted by Gasteiger charge is -2.06. The molecule has 0 bridgehead atoms. The van der Waals surface area contributed by atoms with Gasteiger partial charge in [0.05, 0.1) is 5.69 Å². The van der Waals surface area contributed by atoms with Crippen molar-refractivity contribution >= 4 is 40.3 Å². The van der Waals surface area contributed by atoms with Crippen molar-refractivity contribution in [3.8, 4) is 0 Å². The molecule has 92 valence electrons. The largest absolute Gasteiger partial charge is 0.389 e. The third-order valence-corrected chi connectivity index (χ3v) is 2.83. The van der Waals surface area contributed by atoms with E-state index in [1.54, 1.807) is 0 Å². The summed E-state index contributed by atoms with van der Waals surface area (Å²) in [7, 11) is 0. The van der Waals surface area contributed by atoms with Gasteiger partial charge in [0, 0.05) is 10.9 Å². The predicted molar refractivity (Wildman–Crippen MR) is 70.1 cm³/mol. The predicted octanol–water partition coefficient (Wildman–Crippen LogP) is 1.56. The van der Waals surface area contributed by atoms with Crippen molar-refractivity contribution in [1.82, 2.24) is 9.59 Å². The highest BCUT2D eigenvalue weighted by molar-refractivity contribution is 7.80. The van der Waals surface area contributed by atoms with E-state index in [1.807, 2.05) is 0 Å². The lowest BCUT2D eigenvalue weighted by atomic mass is 10.2. The quantitative estimate of drug-likeness (QED) is 0.835. The summed E-state index contributed by atoms with van der Waals surface area (Å²) in [6, 6.07) is 4.08. The third-order valence-electron chi connectivity index (χ3n) is 2.09. The molecule has 0 saturated heterocycles. The molecule has 5 nitrogen and oxygen atoms in total. The Labute approximate surface area is 111 Å². The molecule has 8 heteroatoms. The number of nitrogens with two attached hydrogens (primary N) is 1. The Bertz CT molecular complexity index is 600. The van der Waals surface area contributed by atoms with Gasteiger partial charge < -0.3 is 11.1 Å². The highest BCUT2D eigenvalue weighted by Gasteiger charge is 2.12. The van der Waals surface area contributed by atoms with Crippen LogP contribution in [-0.4, -0.2) is 20.5 Å². The van der Waals surface area contributed by atoms with Crippen LogP contribution in [0.25, 0.3) is 0 Å². The number of thiocarbonyl (C=S) groups is 1. The van der Waals surface area contributed by atoms with E-state index < -0.39 is 11.7 Å². The molecule has 0 radical (unpaired) electrons. The van der Waals surface area contributed by atoms with Crippen molar-refractivity contribution in [3.63, 3.8) is 0 Å². The Morgan fingerprint density at radius 1 is 1.50 bits per heavy atom. The first-order valence-corrected chi connectivity index (χ1v) is 6.00. The molecule has 0 atom stereocenters. The van der Waals surface area contributed by atoms with Crippen molar-refractivity contribution in [2.45, 2.75) is 0 Å². The maximum atomic E-state index is 13.6. The minimum atomic E-state index is -0.614. The van der Waals surface area contributed by atoms with E-state index in [0.29, 0.717) is 5.56 Å². The highest BCUT2D eigenvalue weighted by Crippen LogP contribution is 2.16. The molecule has 0 aliphatic heterocycles. The van der Waals surface area contributed by atoms with Gasteiger partial charge in [0.1, 0.15) is 10.8 Å². The van der Waals surface area contributed by atoms with Crippen LogP contribution in [0.15, 0.2) is 23.6 Å². The minimum absolute atomic E-state index is 0.0352. The fourth-order valence-corrected chi connectivity index (χ4v) is 1.78. The zero-order valence-corrected chi connectivity index (χ0v) is 10.5. The second kappa shape index (κ2) is 5.15. The summed E-state index contributed by atoms with van der Waals surface area (Å²) in [4.78, 5) is 11.7. The van der Waals surface area contributed by atoms with Gasteiger partial charge >= 0.3 is 0 Å².